The maximum atomic E-state index is 11.2. The number of carbonyl (C=O) groups excluding carboxylic acids is 2. The number of primary amides is 1. The van der Waals surface area contributed by atoms with Crippen molar-refractivity contribution in [2.75, 3.05) is 5.32 Å². The number of benzene rings is 1. The van der Waals surface area contributed by atoms with Gasteiger partial charge in [-0.05, 0) is 23.3 Å². The summed E-state index contributed by atoms with van der Waals surface area (Å²) < 4.78 is 0. The van der Waals surface area contributed by atoms with E-state index < -0.39 is 5.91 Å². The maximum absolute atomic E-state index is 11.2. The van der Waals surface area contributed by atoms with E-state index in [0.29, 0.717) is 12.1 Å². The number of nitrogens with zero attached hydrogens (tertiary/aromatic N) is 1. The Morgan fingerprint density at radius 3 is 2.94 bits per heavy atom. The summed E-state index contributed by atoms with van der Waals surface area (Å²) in [5, 5.41) is 2.76. The van der Waals surface area contributed by atoms with Crippen LogP contribution in [0.5, 0.6) is 0 Å². The Labute approximate surface area is 102 Å². The molecule has 0 atom stereocenters. The van der Waals surface area contributed by atoms with Gasteiger partial charge in [-0.1, -0.05) is 6.07 Å². The second-order valence-electron chi connectivity index (χ2n) is 4.11. The van der Waals surface area contributed by atoms with Crippen LogP contribution in [-0.4, -0.2) is 21.8 Å². The molecule has 2 aromatic rings. The molecule has 0 unspecified atom stereocenters. The lowest BCUT2D eigenvalue weighted by Gasteiger charge is -2.01. The summed E-state index contributed by atoms with van der Waals surface area (Å²) in [5.41, 5.74) is 8.46. The van der Waals surface area contributed by atoms with Crippen LogP contribution in [0.15, 0.2) is 24.4 Å². The van der Waals surface area contributed by atoms with Gasteiger partial charge in [0.15, 0.2) is 5.82 Å². The lowest BCUT2D eigenvalue weighted by molar-refractivity contribution is -0.115. The fourth-order valence-electron chi connectivity index (χ4n) is 1.99. The van der Waals surface area contributed by atoms with Gasteiger partial charge < -0.3 is 16.0 Å². The predicted octanol–water partition coefficient (Wildman–Crippen LogP) is 0.670. The molecule has 1 aromatic carbocycles. The first kappa shape index (κ1) is 10.5. The zero-order valence-corrected chi connectivity index (χ0v) is 9.36. The number of hydrogen-bond donors (Lipinski definition) is 3. The van der Waals surface area contributed by atoms with Crippen LogP contribution in [0.1, 0.15) is 16.2 Å². The largest absolute Gasteiger partial charge is 0.363 e. The number of aromatic nitrogens is 2. The van der Waals surface area contributed by atoms with Crippen LogP contribution in [-0.2, 0) is 11.2 Å². The Morgan fingerprint density at radius 1 is 1.39 bits per heavy atom. The van der Waals surface area contributed by atoms with Crippen LogP contribution in [0.3, 0.4) is 0 Å². The minimum Gasteiger partial charge on any atom is -0.363 e. The van der Waals surface area contributed by atoms with Crippen molar-refractivity contribution in [1.29, 1.82) is 0 Å². The summed E-state index contributed by atoms with van der Waals surface area (Å²) in [6.07, 6.45) is 1.92. The number of nitrogens with two attached hydrogens (primary N) is 1. The van der Waals surface area contributed by atoms with Crippen molar-refractivity contribution in [1.82, 2.24) is 9.97 Å². The Balaban J connectivity index is 2.00. The number of aromatic amines is 1. The highest BCUT2D eigenvalue weighted by Crippen LogP contribution is 2.28. The average molecular weight is 242 g/mol. The van der Waals surface area contributed by atoms with Crippen molar-refractivity contribution in [3.8, 4) is 11.3 Å². The van der Waals surface area contributed by atoms with Crippen molar-refractivity contribution in [2.45, 2.75) is 6.42 Å². The van der Waals surface area contributed by atoms with Gasteiger partial charge in [0.2, 0.25) is 5.91 Å². The van der Waals surface area contributed by atoms with Crippen LogP contribution in [0.25, 0.3) is 11.3 Å². The van der Waals surface area contributed by atoms with Gasteiger partial charge in [0.1, 0.15) is 0 Å². The fraction of sp³-hybridized carbons (Fsp3) is 0.0833. The number of H-pyrrole nitrogens is 1. The molecule has 1 aliphatic heterocycles. The summed E-state index contributed by atoms with van der Waals surface area (Å²) in [5.74, 6) is -0.483. The van der Waals surface area contributed by atoms with Gasteiger partial charge in [-0.25, -0.2) is 4.98 Å². The summed E-state index contributed by atoms with van der Waals surface area (Å²) in [4.78, 5) is 28.9. The molecule has 6 nitrogen and oxygen atoms in total. The standard InChI is InChI=1S/C12H10N4O2/c13-11(18)12-14-5-9(16-12)6-1-2-8-7(3-6)4-10(17)15-8/h1-3,5H,4H2,(H2,13,18)(H,14,16)(H,15,17). The Bertz CT molecular complexity index is 660. The minimum atomic E-state index is -0.598. The quantitative estimate of drug-likeness (QED) is 0.721. The molecule has 90 valence electrons. The van der Waals surface area contributed by atoms with E-state index in [1.807, 2.05) is 18.2 Å². The predicted molar refractivity (Wildman–Crippen MR) is 64.9 cm³/mol. The zero-order chi connectivity index (χ0) is 12.7. The number of hydrogen-bond acceptors (Lipinski definition) is 3. The van der Waals surface area contributed by atoms with Crippen molar-refractivity contribution in [2.24, 2.45) is 5.73 Å². The lowest BCUT2D eigenvalue weighted by atomic mass is 10.1. The molecule has 0 fully saturated rings. The van der Waals surface area contributed by atoms with Crippen molar-refractivity contribution in [3.05, 3.63) is 35.8 Å². The number of amides is 2. The minimum absolute atomic E-state index is 0.00964. The third-order valence-corrected chi connectivity index (χ3v) is 2.85. The summed E-state index contributed by atoms with van der Waals surface area (Å²) >= 11 is 0. The van der Waals surface area contributed by atoms with Gasteiger partial charge in [0.25, 0.3) is 5.91 Å². The first-order valence-electron chi connectivity index (χ1n) is 5.41. The van der Waals surface area contributed by atoms with E-state index >= 15 is 0 Å². The van der Waals surface area contributed by atoms with Gasteiger partial charge in [-0.2, -0.15) is 0 Å². The second-order valence-corrected chi connectivity index (χ2v) is 4.11. The highest BCUT2D eigenvalue weighted by atomic mass is 16.2. The molecule has 3 rings (SSSR count). The number of imidazole rings is 1. The molecule has 0 saturated heterocycles. The van der Waals surface area contributed by atoms with E-state index in [1.165, 1.54) is 0 Å². The molecule has 2 amide bonds. The number of rotatable bonds is 2. The third kappa shape index (κ3) is 1.64. The van der Waals surface area contributed by atoms with E-state index in [4.69, 9.17) is 5.73 Å². The van der Waals surface area contributed by atoms with Gasteiger partial charge >= 0.3 is 0 Å². The normalized spacial score (nSPS) is 13.2. The van der Waals surface area contributed by atoms with Gasteiger partial charge in [0, 0.05) is 5.69 Å². The van der Waals surface area contributed by atoms with E-state index in [9.17, 15) is 9.59 Å². The van der Waals surface area contributed by atoms with Crippen molar-refractivity contribution < 1.29 is 9.59 Å². The number of anilines is 1. The van der Waals surface area contributed by atoms with Crippen molar-refractivity contribution in [3.63, 3.8) is 0 Å². The van der Waals surface area contributed by atoms with Crippen molar-refractivity contribution >= 4 is 17.5 Å². The molecule has 0 saturated carbocycles. The van der Waals surface area contributed by atoms with Gasteiger partial charge in [-0.3, -0.25) is 9.59 Å². The summed E-state index contributed by atoms with van der Waals surface area (Å²) in [6, 6.07) is 5.58. The van der Waals surface area contributed by atoms with E-state index in [0.717, 1.165) is 16.8 Å². The molecule has 18 heavy (non-hydrogen) atoms. The van der Waals surface area contributed by atoms with Gasteiger partial charge in [0.05, 0.1) is 18.3 Å². The molecule has 6 heteroatoms. The summed E-state index contributed by atoms with van der Waals surface area (Å²) in [7, 11) is 0. The fourth-order valence-corrected chi connectivity index (χ4v) is 1.99. The zero-order valence-electron chi connectivity index (χ0n) is 9.36. The monoisotopic (exact) mass is 242 g/mol. The smallest absolute Gasteiger partial charge is 0.284 e. The molecular weight excluding hydrogens is 232 g/mol. The Kier molecular flexibility index (Phi) is 2.16. The van der Waals surface area contributed by atoms with E-state index in [1.54, 1.807) is 6.20 Å². The molecule has 2 heterocycles. The lowest BCUT2D eigenvalue weighted by Crippen LogP contribution is -2.12. The molecule has 1 aromatic heterocycles. The highest BCUT2D eigenvalue weighted by molar-refractivity contribution is 5.99. The maximum Gasteiger partial charge on any atom is 0.284 e. The SMILES string of the molecule is NC(=O)c1ncc(-c2ccc3c(c2)CC(=O)N3)[nH]1. The van der Waals surface area contributed by atoms with Gasteiger partial charge in [-0.15, -0.1) is 0 Å². The molecule has 4 N–H and O–H groups in total. The van der Waals surface area contributed by atoms with Crippen LogP contribution in [0, 0.1) is 0 Å². The first-order valence-corrected chi connectivity index (χ1v) is 5.41. The number of carbonyl (C=O) groups is 2. The Hall–Kier alpha value is -2.63. The average Bonchev–Trinajstić information content (AvgIpc) is 2.91. The van der Waals surface area contributed by atoms with Crippen LogP contribution >= 0.6 is 0 Å². The third-order valence-electron chi connectivity index (χ3n) is 2.85. The topological polar surface area (TPSA) is 101 Å². The summed E-state index contributed by atoms with van der Waals surface area (Å²) in [6.45, 7) is 0. The molecule has 0 spiro atoms. The molecule has 0 aliphatic carbocycles. The molecule has 0 radical (unpaired) electrons. The van der Waals surface area contributed by atoms with Crippen LogP contribution in [0.2, 0.25) is 0 Å². The number of fused-ring (bicyclic) bond motifs is 1. The van der Waals surface area contributed by atoms with Crippen LogP contribution < -0.4 is 11.1 Å². The molecular formula is C12H10N4O2. The van der Waals surface area contributed by atoms with E-state index in [2.05, 4.69) is 15.3 Å². The molecule has 0 bridgehead atoms. The van der Waals surface area contributed by atoms with E-state index in [-0.39, 0.29) is 11.7 Å². The molecule has 1 aliphatic rings. The Morgan fingerprint density at radius 2 is 2.22 bits per heavy atom. The second kappa shape index (κ2) is 3.69. The highest BCUT2D eigenvalue weighted by Gasteiger charge is 2.18. The number of nitrogens with one attached hydrogen (secondary N) is 2. The first-order chi connectivity index (χ1) is 8.63. The van der Waals surface area contributed by atoms with Crippen LogP contribution in [0.4, 0.5) is 5.69 Å².